The van der Waals surface area contributed by atoms with Gasteiger partial charge < -0.3 is 10.2 Å². The molecule has 10 heteroatoms. The van der Waals surface area contributed by atoms with E-state index in [-0.39, 0.29) is 24.9 Å². The standard InChI is InChI=1S/C18H18F2N6OS/c1-25-3-2-11(24-25)4-12-8-26-9-18(19,20)5-13-14(26)16(17(27)23-12)28-15(13)10-6-21-22-7-10/h2-3,6-7,12H,4-5,8-9H2,1H3,(H,21,22)(H,23,27)/t12-/m0/s1. The summed E-state index contributed by atoms with van der Waals surface area (Å²) in [5.74, 6) is -3.07. The Bertz CT molecular complexity index is 1040. The van der Waals surface area contributed by atoms with Gasteiger partial charge in [0.2, 0.25) is 0 Å². The SMILES string of the molecule is Cn1ccc(C[C@H]2CN3CC(F)(F)Cc4c(-c5cn[nH]c5)sc(c43)C(=O)N2)n1. The zero-order valence-corrected chi connectivity index (χ0v) is 15.9. The van der Waals surface area contributed by atoms with Crippen molar-refractivity contribution < 1.29 is 13.6 Å². The molecule has 2 N–H and O–H groups in total. The van der Waals surface area contributed by atoms with Crippen LogP contribution >= 0.6 is 11.3 Å². The molecular weight excluding hydrogens is 386 g/mol. The lowest BCUT2D eigenvalue weighted by Crippen LogP contribution is -2.48. The van der Waals surface area contributed by atoms with Crippen molar-refractivity contribution in [3.05, 3.63) is 40.8 Å². The Morgan fingerprint density at radius 2 is 2.25 bits per heavy atom. The Labute approximate surface area is 163 Å². The molecule has 0 unspecified atom stereocenters. The Morgan fingerprint density at radius 3 is 2.96 bits per heavy atom. The van der Waals surface area contributed by atoms with E-state index >= 15 is 0 Å². The molecule has 1 amide bonds. The van der Waals surface area contributed by atoms with Gasteiger partial charge in [0.1, 0.15) is 4.88 Å². The van der Waals surface area contributed by atoms with E-state index in [0.717, 1.165) is 11.3 Å². The number of aromatic amines is 1. The average Bonchev–Trinajstić information content (AvgIpc) is 3.31. The lowest BCUT2D eigenvalue weighted by atomic mass is 9.97. The first-order valence-corrected chi connectivity index (χ1v) is 9.78. The summed E-state index contributed by atoms with van der Waals surface area (Å²) in [7, 11) is 1.82. The molecule has 0 fully saturated rings. The van der Waals surface area contributed by atoms with Crippen LogP contribution in [0.4, 0.5) is 14.5 Å². The second-order valence-electron chi connectivity index (χ2n) is 7.34. The number of aromatic nitrogens is 4. The number of nitrogens with zero attached hydrogens (tertiary/aromatic N) is 4. The maximum Gasteiger partial charge on any atom is 0.269 e. The zero-order valence-electron chi connectivity index (χ0n) is 15.1. The van der Waals surface area contributed by atoms with E-state index in [4.69, 9.17) is 0 Å². The topological polar surface area (TPSA) is 78.8 Å². The molecule has 2 aliphatic rings. The van der Waals surface area contributed by atoms with E-state index in [0.29, 0.717) is 34.0 Å². The fourth-order valence-corrected chi connectivity index (χ4v) is 5.27. The first-order chi connectivity index (χ1) is 13.4. The van der Waals surface area contributed by atoms with Crippen LogP contribution < -0.4 is 10.2 Å². The number of carbonyl (C=O) groups excluding carboxylic acids is 1. The Morgan fingerprint density at radius 1 is 1.39 bits per heavy atom. The molecule has 0 bridgehead atoms. The minimum Gasteiger partial charge on any atom is -0.362 e. The van der Waals surface area contributed by atoms with Gasteiger partial charge in [0.25, 0.3) is 11.8 Å². The van der Waals surface area contributed by atoms with Crippen LogP contribution in [0.3, 0.4) is 0 Å². The van der Waals surface area contributed by atoms with Gasteiger partial charge in [-0.2, -0.15) is 10.2 Å². The molecule has 5 rings (SSSR count). The number of alkyl halides is 2. The van der Waals surface area contributed by atoms with Gasteiger partial charge in [-0.05, 0) is 6.07 Å². The molecule has 1 atom stereocenters. The van der Waals surface area contributed by atoms with E-state index < -0.39 is 5.92 Å². The van der Waals surface area contributed by atoms with Gasteiger partial charge in [0, 0.05) is 54.8 Å². The van der Waals surface area contributed by atoms with Crippen molar-refractivity contribution >= 4 is 22.9 Å². The van der Waals surface area contributed by atoms with Crippen molar-refractivity contribution in [3.63, 3.8) is 0 Å². The number of rotatable bonds is 3. The minimum atomic E-state index is -2.85. The second-order valence-corrected chi connectivity index (χ2v) is 8.36. The third-order valence-corrected chi connectivity index (χ3v) is 6.39. The number of carbonyl (C=O) groups is 1. The minimum absolute atomic E-state index is 0.218. The van der Waals surface area contributed by atoms with Crippen LogP contribution in [0.2, 0.25) is 0 Å². The van der Waals surface area contributed by atoms with Crippen molar-refractivity contribution in [2.24, 2.45) is 7.05 Å². The van der Waals surface area contributed by atoms with Crippen LogP contribution in [0.5, 0.6) is 0 Å². The predicted octanol–water partition coefficient (Wildman–Crippen LogP) is 2.22. The Kier molecular flexibility index (Phi) is 3.80. The van der Waals surface area contributed by atoms with Crippen molar-refractivity contribution in [2.45, 2.75) is 24.8 Å². The van der Waals surface area contributed by atoms with Crippen molar-refractivity contribution in [1.29, 1.82) is 0 Å². The highest BCUT2D eigenvalue weighted by Crippen LogP contribution is 2.48. The molecule has 2 aliphatic heterocycles. The third-order valence-electron chi connectivity index (χ3n) is 5.12. The van der Waals surface area contributed by atoms with Gasteiger partial charge in [0.05, 0.1) is 30.2 Å². The summed E-state index contributed by atoms with van der Waals surface area (Å²) in [6.45, 7) is -0.0678. The van der Waals surface area contributed by atoms with Gasteiger partial charge in [-0.3, -0.25) is 14.6 Å². The molecule has 0 aliphatic carbocycles. The summed E-state index contributed by atoms with van der Waals surface area (Å²) in [6, 6.07) is 1.58. The van der Waals surface area contributed by atoms with Crippen molar-refractivity contribution in [1.82, 2.24) is 25.3 Å². The molecule has 3 aromatic rings. The summed E-state index contributed by atoms with van der Waals surface area (Å²) in [4.78, 5) is 15.8. The van der Waals surface area contributed by atoms with Crippen LogP contribution in [0.15, 0.2) is 24.7 Å². The number of thiophene rings is 1. The molecular formula is C18H18F2N6OS. The largest absolute Gasteiger partial charge is 0.362 e. The summed E-state index contributed by atoms with van der Waals surface area (Å²) in [5.41, 5.74) is 2.73. The van der Waals surface area contributed by atoms with Gasteiger partial charge in [-0.15, -0.1) is 11.3 Å². The van der Waals surface area contributed by atoms with E-state index in [1.807, 2.05) is 19.3 Å². The van der Waals surface area contributed by atoms with Crippen LogP contribution in [0.25, 0.3) is 10.4 Å². The highest BCUT2D eigenvalue weighted by Gasteiger charge is 2.45. The summed E-state index contributed by atoms with van der Waals surface area (Å²) in [5, 5.41) is 14.0. The smallest absolute Gasteiger partial charge is 0.269 e. The molecule has 28 heavy (non-hydrogen) atoms. The maximum absolute atomic E-state index is 14.6. The van der Waals surface area contributed by atoms with Crippen LogP contribution in [0, 0.1) is 0 Å². The molecule has 0 aromatic carbocycles. The third kappa shape index (κ3) is 2.88. The molecule has 0 saturated carbocycles. The van der Waals surface area contributed by atoms with Gasteiger partial charge >= 0.3 is 0 Å². The highest BCUT2D eigenvalue weighted by atomic mass is 32.1. The van der Waals surface area contributed by atoms with Crippen molar-refractivity contribution in [2.75, 3.05) is 18.0 Å². The quantitative estimate of drug-likeness (QED) is 0.702. The number of aryl methyl sites for hydroxylation is 1. The fraction of sp³-hybridized carbons (Fsp3) is 0.389. The number of hydrogen-bond donors (Lipinski definition) is 2. The normalized spacial score (nSPS) is 20.6. The summed E-state index contributed by atoms with van der Waals surface area (Å²) >= 11 is 1.26. The predicted molar refractivity (Wildman–Crippen MR) is 101 cm³/mol. The van der Waals surface area contributed by atoms with E-state index in [2.05, 4.69) is 20.6 Å². The molecule has 3 aromatic heterocycles. The van der Waals surface area contributed by atoms with E-state index in [1.165, 1.54) is 11.3 Å². The molecule has 146 valence electrons. The number of anilines is 1. The van der Waals surface area contributed by atoms with Gasteiger partial charge in [0.15, 0.2) is 0 Å². The monoisotopic (exact) mass is 404 g/mol. The molecule has 0 radical (unpaired) electrons. The van der Waals surface area contributed by atoms with Gasteiger partial charge in [-0.25, -0.2) is 8.78 Å². The maximum atomic E-state index is 14.6. The first kappa shape index (κ1) is 17.4. The molecule has 5 heterocycles. The van der Waals surface area contributed by atoms with Crippen LogP contribution in [-0.2, 0) is 19.9 Å². The number of nitrogens with one attached hydrogen (secondary N) is 2. The Hall–Kier alpha value is -2.75. The summed E-state index contributed by atoms with van der Waals surface area (Å²) in [6.07, 6.45) is 5.22. The van der Waals surface area contributed by atoms with E-state index in [1.54, 1.807) is 22.0 Å². The lowest BCUT2D eigenvalue weighted by Gasteiger charge is -2.35. The van der Waals surface area contributed by atoms with Crippen LogP contribution in [0.1, 0.15) is 20.9 Å². The van der Waals surface area contributed by atoms with Crippen LogP contribution in [-0.4, -0.2) is 50.9 Å². The average molecular weight is 404 g/mol. The van der Waals surface area contributed by atoms with Crippen molar-refractivity contribution in [3.8, 4) is 10.4 Å². The number of amides is 1. The number of hydrogen-bond acceptors (Lipinski definition) is 5. The second kappa shape index (κ2) is 6.13. The van der Waals surface area contributed by atoms with Gasteiger partial charge in [-0.1, -0.05) is 0 Å². The molecule has 0 spiro atoms. The lowest BCUT2D eigenvalue weighted by molar-refractivity contribution is 0.00546. The fourth-order valence-electron chi connectivity index (χ4n) is 4.05. The number of halogens is 2. The number of H-pyrrole nitrogens is 1. The Balaban J connectivity index is 1.55. The summed E-state index contributed by atoms with van der Waals surface area (Å²) < 4.78 is 30.9. The molecule has 0 saturated heterocycles. The highest BCUT2D eigenvalue weighted by molar-refractivity contribution is 7.18. The molecule has 7 nitrogen and oxygen atoms in total. The first-order valence-electron chi connectivity index (χ1n) is 8.96. The zero-order chi connectivity index (χ0) is 19.5. The van der Waals surface area contributed by atoms with E-state index in [9.17, 15) is 13.6 Å².